The van der Waals surface area contributed by atoms with Gasteiger partial charge in [-0.15, -0.1) is 0 Å². The molecule has 60 heavy (non-hydrogen) atoms. The van der Waals surface area contributed by atoms with Crippen molar-refractivity contribution in [1.82, 2.24) is 19.7 Å². The van der Waals surface area contributed by atoms with Crippen molar-refractivity contribution in [2.24, 2.45) is 0 Å². The monoisotopic (exact) mass is 828 g/mol. The summed E-state index contributed by atoms with van der Waals surface area (Å²) in [5.41, 5.74) is -0.969. The predicted octanol–water partition coefficient (Wildman–Crippen LogP) is 6.76. The van der Waals surface area contributed by atoms with Gasteiger partial charge in [0.2, 0.25) is 22.4 Å². The van der Waals surface area contributed by atoms with E-state index < -0.39 is 34.1 Å². The molecule has 0 aliphatic carbocycles. The third kappa shape index (κ3) is 11.9. The fourth-order valence-corrected chi connectivity index (χ4v) is 6.44. The molecule has 0 saturated carbocycles. The maximum absolute atomic E-state index is 13.5. The first-order valence-corrected chi connectivity index (χ1v) is 20.2. The molecular formula is C46H60N4O10. The summed E-state index contributed by atoms with van der Waals surface area (Å²) in [6.45, 7) is 19.2. The maximum atomic E-state index is 13.5. The Morgan fingerprint density at radius 3 is 1.92 bits per heavy atom. The standard InChI is InChI=1S/C26H36N2O6.C20H24N2O4/c1-8-26(7,27-24(31)34-25(4,5)6)17-28(18(2)3)23(30)22-21(20(29)14-15-32-22)33-16-19-12-10-9-11-13-19;1-14(2)21-12-20(3,13-23)22-10-9-16(24)18(17(22)19(21)25)26-11-15-7-5-4-6-8-15/h9-15,18H,8,16-17H2,1-7H3,(H,27,31);4-10,14,23H,11-13H2,1-3H3. The Kier molecular flexibility index (Phi) is 15.5. The van der Waals surface area contributed by atoms with E-state index in [4.69, 9.17) is 18.6 Å². The first kappa shape index (κ1) is 46.8. The normalized spacial score (nSPS) is 15.9. The number of rotatable bonds is 14. The Bertz CT molecular complexity index is 2200. The molecule has 0 bridgehead atoms. The van der Waals surface area contributed by atoms with Gasteiger partial charge in [-0.05, 0) is 79.9 Å². The number of hydrogen-bond acceptors (Lipinski definition) is 10. The molecule has 2 aromatic carbocycles. The van der Waals surface area contributed by atoms with E-state index in [1.54, 1.807) is 41.3 Å². The third-order valence-corrected chi connectivity index (χ3v) is 10.0. The minimum absolute atomic E-state index is 0.0337. The van der Waals surface area contributed by atoms with Crippen molar-refractivity contribution in [2.75, 3.05) is 19.7 Å². The van der Waals surface area contributed by atoms with E-state index in [2.05, 4.69) is 5.32 Å². The molecule has 0 radical (unpaired) electrons. The van der Waals surface area contributed by atoms with Gasteiger partial charge in [0, 0.05) is 43.5 Å². The molecule has 0 fully saturated rings. The predicted molar refractivity (Wildman–Crippen MR) is 228 cm³/mol. The molecule has 324 valence electrons. The maximum Gasteiger partial charge on any atom is 0.408 e. The molecule has 14 nitrogen and oxygen atoms in total. The van der Waals surface area contributed by atoms with E-state index in [-0.39, 0.29) is 72.7 Å². The lowest BCUT2D eigenvalue weighted by atomic mass is 9.96. The molecule has 5 rings (SSSR count). The van der Waals surface area contributed by atoms with Crippen molar-refractivity contribution in [3.63, 3.8) is 0 Å². The Morgan fingerprint density at radius 1 is 0.867 bits per heavy atom. The zero-order valence-electron chi connectivity index (χ0n) is 36.4. The van der Waals surface area contributed by atoms with E-state index >= 15 is 0 Å². The summed E-state index contributed by atoms with van der Waals surface area (Å²) in [5, 5.41) is 12.9. The number of nitrogens with zero attached hydrogens (tertiary/aromatic N) is 3. The van der Waals surface area contributed by atoms with E-state index in [1.807, 2.05) is 109 Å². The average molecular weight is 829 g/mol. The van der Waals surface area contributed by atoms with E-state index in [1.165, 1.54) is 18.4 Å². The Labute approximate surface area is 352 Å². The Balaban J connectivity index is 0.000000273. The molecule has 3 heterocycles. The number of ether oxygens (including phenoxy) is 3. The minimum Gasteiger partial charge on any atom is -0.483 e. The van der Waals surface area contributed by atoms with Crippen LogP contribution in [0.15, 0.2) is 99.3 Å². The van der Waals surface area contributed by atoms with Crippen molar-refractivity contribution in [1.29, 1.82) is 0 Å². The highest BCUT2D eigenvalue weighted by Gasteiger charge is 2.42. The number of carbonyl (C=O) groups is 3. The van der Waals surface area contributed by atoms with Gasteiger partial charge >= 0.3 is 6.09 Å². The molecule has 1 aliphatic rings. The first-order valence-electron chi connectivity index (χ1n) is 20.2. The lowest BCUT2D eigenvalue weighted by molar-refractivity contribution is 0.0343. The van der Waals surface area contributed by atoms with Gasteiger partial charge in [0.05, 0.1) is 23.9 Å². The zero-order chi connectivity index (χ0) is 44.4. The second kappa shape index (κ2) is 19.9. The number of nitrogens with one attached hydrogen (secondary N) is 1. The van der Waals surface area contributed by atoms with Gasteiger partial charge in [-0.25, -0.2) is 4.79 Å². The molecule has 2 aromatic heterocycles. The molecule has 4 aromatic rings. The third-order valence-electron chi connectivity index (χ3n) is 10.0. The molecule has 1 aliphatic heterocycles. The summed E-state index contributed by atoms with van der Waals surface area (Å²) in [6, 6.07) is 21.1. The lowest BCUT2D eigenvalue weighted by Crippen LogP contribution is -2.56. The van der Waals surface area contributed by atoms with E-state index in [0.717, 1.165) is 11.1 Å². The van der Waals surface area contributed by atoms with Crippen molar-refractivity contribution >= 4 is 17.9 Å². The molecular weight excluding hydrogens is 769 g/mol. The van der Waals surface area contributed by atoms with Gasteiger partial charge < -0.3 is 43.4 Å². The van der Waals surface area contributed by atoms with Crippen LogP contribution in [-0.4, -0.2) is 80.3 Å². The molecule has 3 amide bonds. The van der Waals surface area contributed by atoms with Crippen LogP contribution >= 0.6 is 0 Å². The fourth-order valence-electron chi connectivity index (χ4n) is 6.44. The van der Waals surface area contributed by atoms with Crippen LogP contribution in [-0.2, 0) is 23.5 Å². The van der Waals surface area contributed by atoms with Gasteiger partial charge in [0.25, 0.3) is 11.8 Å². The van der Waals surface area contributed by atoms with Crippen LogP contribution in [0.2, 0.25) is 0 Å². The number of benzene rings is 2. The summed E-state index contributed by atoms with van der Waals surface area (Å²) in [7, 11) is 0. The molecule has 2 atom stereocenters. The number of aliphatic hydroxyl groups is 1. The number of alkyl carbamates (subject to hydrolysis) is 1. The zero-order valence-corrected chi connectivity index (χ0v) is 36.4. The lowest BCUT2D eigenvalue weighted by Gasteiger charge is -2.44. The smallest absolute Gasteiger partial charge is 0.408 e. The van der Waals surface area contributed by atoms with Crippen molar-refractivity contribution in [2.45, 2.75) is 118 Å². The quantitative estimate of drug-likeness (QED) is 0.139. The topological polar surface area (TPSA) is 170 Å². The summed E-state index contributed by atoms with van der Waals surface area (Å²) in [6.07, 6.45) is 2.73. The van der Waals surface area contributed by atoms with E-state index in [9.17, 15) is 29.1 Å². The largest absolute Gasteiger partial charge is 0.483 e. The van der Waals surface area contributed by atoms with Crippen LogP contribution in [0, 0.1) is 0 Å². The summed E-state index contributed by atoms with van der Waals surface area (Å²) >= 11 is 0. The number of carbonyl (C=O) groups excluding carboxylic acids is 3. The van der Waals surface area contributed by atoms with Crippen molar-refractivity contribution in [3.05, 3.63) is 128 Å². The van der Waals surface area contributed by atoms with Gasteiger partial charge in [-0.3, -0.25) is 19.2 Å². The Morgan fingerprint density at radius 2 is 1.42 bits per heavy atom. The van der Waals surface area contributed by atoms with Gasteiger partial charge in [0.1, 0.15) is 18.8 Å². The number of fused-ring (bicyclic) bond motifs is 1. The highest BCUT2D eigenvalue weighted by atomic mass is 16.6. The van der Waals surface area contributed by atoms with Crippen LogP contribution in [0.25, 0.3) is 0 Å². The summed E-state index contributed by atoms with van der Waals surface area (Å²) < 4.78 is 24.1. The van der Waals surface area contributed by atoms with Crippen molar-refractivity contribution < 1.29 is 38.1 Å². The van der Waals surface area contributed by atoms with Crippen LogP contribution in [0.1, 0.15) is 108 Å². The van der Waals surface area contributed by atoms with E-state index in [0.29, 0.717) is 13.0 Å². The van der Waals surface area contributed by atoms with Crippen molar-refractivity contribution in [3.8, 4) is 11.5 Å². The number of aliphatic hydroxyl groups excluding tert-OH is 1. The SMILES string of the molecule is CC(C)N1CC(C)(CO)n2ccc(=O)c(OCc3ccccc3)c2C1=O.CCC(C)(CN(C(=O)c1occc(=O)c1OCc1ccccc1)C(C)C)NC(=O)OC(C)(C)C. The minimum atomic E-state index is -0.775. The molecule has 0 spiro atoms. The van der Waals surface area contributed by atoms with Crippen LogP contribution in [0.5, 0.6) is 11.5 Å². The average Bonchev–Trinajstić information content (AvgIpc) is 3.20. The number of aromatic nitrogens is 1. The highest BCUT2D eigenvalue weighted by molar-refractivity contribution is 5.96. The summed E-state index contributed by atoms with van der Waals surface area (Å²) in [5.74, 6) is -1.03. The Hall–Kier alpha value is -5.89. The highest BCUT2D eigenvalue weighted by Crippen LogP contribution is 2.31. The van der Waals surface area contributed by atoms with Crippen LogP contribution < -0.4 is 25.6 Å². The second-order valence-corrected chi connectivity index (χ2v) is 17.0. The number of pyridine rings is 1. The molecule has 0 saturated heterocycles. The molecule has 14 heteroatoms. The summed E-state index contributed by atoms with van der Waals surface area (Å²) in [4.78, 5) is 67.3. The molecule has 2 N–H and O–H groups in total. The number of hydrogen-bond donors (Lipinski definition) is 2. The second-order valence-electron chi connectivity index (χ2n) is 17.0. The van der Waals surface area contributed by atoms with Crippen LogP contribution in [0.3, 0.4) is 0 Å². The first-order chi connectivity index (χ1) is 28.2. The van der Waals surface area contributed by atoms with Gasteiger partial charge in [0.15, 0.2) is 11.4 Å². The van der Waals surface area contributed by atoms with Gasteiger partial charge in [-0.1, -0.05) is 67.6 Å². The van der Waals surface area contributed by atoms with Gasteiger partial charge in [-0.2, -0.15) is 0 Å². The molecule has 2 unspecified atom stereocenters. The van der Waals surface area contributed by atoms with Crippen LogP contribution in [0.4, 0.5) is 4.79 Å². The fraction of sp³-hybridized carbons (Fsp3) is 0.457. The number of amides is 3.